The predicted molar refractivity (Wildman–Crippen MR) is 114 cm³/mol. The summed E-state index contributed by atoms with van der Waals surface area (Å²) < 4.78 is 8.20. The second-order valence-electron chi connectivity index (χ2n) is 7.07. The van der Waals surface area contributed by atoms with Gasteiger partial charge < -0.3 is 19.9 Å². The minimum absolute atomic E-state index is 0.204. The van der Waals surface area contributed by atoms with Crippen LogP contribution < -0.4 is 10.6 Å². The van der Waals surface area contributed by atoms with Crippen molar-refractivity contribution in [1.82, 2.24) is 19.5 Å². The molecule has 0 radical (unpaired) electrons. The van der Waals surface area contributed by atoms with Crippen LogP contribution in [0.4, 0.5) is 11.6 Å². The van der Waals surface area contributed by atoms with Crippen molar-refractivity contribution in [2.24, 2.45) is 7.05 Å². The van der Waals surface area contributed by atoms with Gasteiger partial charge in [0.15, 0.2) is 0 Å². The van der Waals surface area contributed by atoms with Crippen molar-refractivity contribution in [1.29, 1.82) is 0 Å². The third-order valence-electron chi connectivity index (χ3n) is 5.12. The molecule has 9 heteroatoms. The number of nitrogens with one attached hydrogen (secondary N) is 2. The summed E-state index contributed by atoms with van der Waals surface area (Å²) in [4.78, 5) is 26.4. The average Bonchev–Trinajstić information content (AvgIpc) is 3.33. The Balaban J connectivity index is 1.42. The molecule has 2 N–H and O–H groups in total. The standard InChI is InChI=1S/C20H20N6O2S/c1-26-11-22-18-14(3-2-4-15(18)26)24-19(27)13-10-29-16-9-21-20(25-17(13)16)23-12-5-7-28-8-6-12/h2-4,9-12H,5-8H2,1H3,(H,24,27)(H,21,23,25). The summed E-state index contributed by atoms with van der Waals surface area (Å²) in [5.74, 6) is 0.341. The van der Waals surface area contributed by atoms with E-state index in [4.69, 9.17) is 4.74 Å². The van der Waals surface area contributed by atoms with E-state index in [1.165, 1.54) is 11.3 Å². The highest BCUT2D eigenvalue weighted by Crippen LogP contribution is 2.27. The molecule has 1 aromatic carbocycles. The first-order valence-electron chi connectivity index (χ1n) is 9.49. The smallest absolute Gasteiger partial charge is 0.258 e. The molecule has 1 saturated heterocycles. The number of ether oxygens (including phenoxy) is 1. The van der Waals surface area contributed by atoms with Crippen molar-refractivity contribution in [3.05, 3.63) is 41.7 Å². The van der Waals surface area contributed by atoms with Crippen LogP contribution in [-0.2, 0) is 11.8 Å². The molecule has 4 heterocycles. The van der Waals surface area contributed by atoms with Crippen molar-refractivity contribution in [3.63, 3.8) is 0 Å². The molecule has 5 rings (SSSR count). The van der Waals surface area contributed by atoms with Gasteiger partial charge in [-0.1, -0.05) is 6.07 Å². The number of rotatable bonds is 4. The SMILES string of the molecule is Cn1cnc2c(NC(=O)c3csc4cnc(NC5CCOCC5)nc34)cccc21. The molecule has 8 nitrogen and oxygen atoms in total. The van der Waals surface area contributed by atoms with Gasteiger partial charge >= 0.3 is 0 Å². The Bertz CT molecular complexity index is 1190. The predicted octanol–water partition coefficient (Wildman–Crippen LogP) is 3.42. The normalized spacial score (nSPS) is 15.1. The molecule has 0 unspecified atom stereocenters. The minimum atomic E-state index is -0.204. The first kappa shape index (κ1) is 18.0. The number of fused-ring (bicyclic) bond motifs is 2. The van der Waals surface area contributed by atoms with E-state index < -0.39 is 0 Å². The molecule has 1 aliphatic rings. The lowest BCUT2D eigenvalue weighted by Gasteiger charge is -2.22. The first-order valence-corrected chi connectivity index (χ1v) is 10.4. The molecule has 4 aromatic rings. The highest BCUT2D eigenvalue weighted by molar-refractivity contribution is 7.17. The number of hydrogen-bond acceptors (Lipinski definition) is 7. The van der Waals surface area contributed by atoms with Gasteiger partial charge in [-0.3, -0.25) is 4.79 Å². The van der Waals surface area contributed by atoms with Gasteiger partial charge in [-0.05, 0) is 25.0 Å². The second-order valence-corrected chi connectivity index (χ2v) is 7.98. The van der Waals surface area contributed by atoms with Crippen LogP contribution in [0, 0.1) is 0 Å². The Labute approximate surface area is 170 Å². The summed E-state index contributed by atoms with van der Waals surface area (Å²) in [5.41, 5.74) is 3.60. The lowest BCUT2D eigenvalue weighted by molar-refractivity contribution is 0.0903. The van der Waals surface area contributed by atoms with E-state index in [0.29, 0.717) is 28.8 Å². The third kappa shape index (κ3) is 3.43. The maximum Gasteiger partial charge on any atom is 0.258 e. The molecule has 29 heavy (non-hydrogen) atoms. The molecule has 148 valence electrons. The minimum Gasteiger partial charge on any atom is -0.381 e. The highest BCUT2D eigenvalue weighted by atomic mass is 32.1. The molecular formula is C20H20N6O2S. The Morgan fingerprint density at radius 2 is 2.10 bits per heavy atom. The number of carbonyl (C=O) groups excluding carboxylic acids is 1. The fourth-order valence-electron chi connectivity index (χ4n) is 3.53. The van der Waals surface area contributed by atoms with E-state index in [-0.39, 0.29) is 5.91 Å². The van der Waals surface area contributed by atoms with Crippen LogP contribution in [0.15, 0.2) is 36.1 Å². The summed E-state index contributed by atoms with van der Waals surface area (Å²) in [6, 6.07) is 6.02. The Kier molecular flexibility index (Phi) is 4.61. The summed E-state index contributed by atoms with van der Waals surface area (Å²) in [7, 11) is 1.93. The van der Waals surface area contributed by atoms with Crippen LogP contribution in [0.25, 0.3) is 21.3 Å². The fraction of sp³-hybridized carbons (Fsp3) is 0.300. The van der Waals surface area contributed by atoms with Crippen molar-refractivity contribution < 1.29 is 9.53 Å². The monoisotopic (exact) mass is 408 g/mol. The van der Waals surface area contributed by atoms with Crippen LogP contribution in [0.2, 0.25) is 0 Å². The Morgan fingerprint density at radius 1 is 1.24 bits per heavy atom. The molecule has 1 aliphatic heterocycles. The van der Waals surface area contributed by atoms with E-state index in [0.717, 1.165) is 41.8 Å². The van der Waals surface area contributed by atoms with E-state index in [1.807, 2.05) is 35.2 Å². The molecular weight excluding hydrogens is 388 g/mol. The summed E-state index contributed by atoms with van der Waals surface area (Å²) in [5, 5.41) is 8.18. The van der Waals surface area contributed by atoms with Gasteiger partial charge in [-0.25, -0.2) is 15.0 Å². The van der Waals surface area contributed by atoms with Gasteiger partial charge in [0.2, 0.25) is 5.95 Å². The molecule has 3 aromatic heterocycles. The van der Waals surface area contributed by atoms with Crippen LogP contribution in [-0.4, -0.2) is 44.7 Å². The van der Waals surface area contributed by atoms with E-state index in [1.54, 1.807) is 12.5 Å². The van der Waals surface area contributed by atoms with E-state index in [9.17, 15) is 4.79 Å². The zero-order chi connectivity index (χ0) is 19.8. The number of nitrogens with zero attached hydrogens (tertiary/aromatic N) is 4. The zero-order valence-corrected chi connectivity index (χ0v) is 16.7. The van der Waals surface area contributed by atoms with Gasteiger partial charge in [0.1, 0.15) is 5.52 Å². The quantitative estimate of drug-likeness (QED) is 0.537. The number of benzene rings is 1. The Hall–Kier alpha value is -3.04. The maximum absolute atomic E-state index is 13.0. The molecule has 1 amide bonds. The number of anilines is 2. The number of imidazole rings is 1. The zero-order valence-electron chi connectivity index (χ0n) is 15.9. The Morgan fingerprint density at radius 3 is 2.97 bits per heavy atom. The molecule has 0 atom stereocenters. The molecule has 0 aliphatic carbocycles. The topological polar surface area (TPSA) is 94.0 Å². The second kappa shape index (κ2) is 7.41. The number of aryl methyl sites for hydroxylation is 1. The molecule has 0 spiro atoms. The number of amides is 1. The van der Waals surface area contributed by atoms with E-state index in [2.05, 4.69) is 25.6 Å². The maximum atomic E-state index is 13.0. The lowest BCUT2D eigenvalue weighted by atomic mass is 10.1. The first-order chi connectivity index (χ1) is 14.2. The number of aromatic nitrogens is 4. The highest BCUT2D eigenvalue weighted by Gasteiger charge is 2.19. The van der Waals surface area contributed by atoms with Crippen LogP contribution in [0.5, 0.6) is 0 Å². The van der Waals surface area contributed by atoms with Gasteiger partial charge in [-0.2, -0.15) is 0 Å². The third-order valence-corrected chi connectivity index (χ3v) is 6.02. The number of carbonyl (C=O) groups is 1. The van der Waals surface area contributed by atoms with E-state index >= 15 is 0 Å². The van der Waals surface area contributed by atoms with Gasteiger partial charge in [-0.15, -0.1) is 11.3 Å². The van der Waals surface area contributed by atoms with Gasteiger partial charge in [0.05, 0.1) is 39.5 Å². The van der Waals surface area contributed by atoms with Gasteiger partial charge in [0, 0.05) is 31.7 Å². The summed E-state index contributed by atoms with van der Waals surface area (Å²) in [6.07, 6.45) is 5.35. The summed E-state index contributed by atoms with van der Waals surface area (Å²) in [6.45, 7) is 1.48. The number of para-hydroxylation sites is 1. The molecule has 0 bridgehead atoms. The fourth-order valence-corrected chi connectivity index (χ4v) is 4.38. The average molecular weight is 408 g/mol. The van der Waals surface area contributed by atoms with Crippen LogP contribution in [0.3, 0.4) is 0 Å². The van der Waals surface area contributed by atoms with Crippen molar-refractivity contribution >= 4 is 50.1 Å². The number of hydrogen-bond donors (Lipinski definition) is 2. The lowest BCUT2D eigenvalue weighted by Crippen LogP contribution is -2.28. The number of thiophene rings is 1. The van der Waals surface area contributed by atoms with Crippen molar-refractivity contribution in [2.75, 3.05) is 23.8 Å². The largest absolute Gasteiger partial charge is 0.381 e. The van der Waals surface area contributed by atoms with Crippen molar-refractivity contribution in [2.45, 2.75) is 18.9 Å². The molecule has 0 saturated carbocycles. The molecule has 1 fully saturated rings. The van der Waals surface area contributed by atoms with Crippen LogP contribution >= 0.6 is 11.3 Å². The summed E-state index contributed by atoms with van der Waals surface area (Å²) >= 11 is 1.46. The van der Waals surface area contributed by atoms with Gasteiger partial charge in [0.25, 0.3) is 5.91 Å². The van der Waals surface area contributed by atoms with Crippen molar-refractivity contribution in [3.8, 4) is 0 Å². The van der Waals surface area contributed by atoms with Crippen LogP contribution in [0.1, 0.15) is 23.2 Å².